The number of carbonyl (C=O) groups excluding carboxylic acids is 1. The van der Waals surface area contributed by atoms with Gasteiger partial charge < -0.3 is 20.7 Å². The molecule has 0 bridgehead atoms. The van der Waals surface area contributed by atoms with Crippen LogP contribution in [-0.2, 0) is 11.3 Å². The first-order valence-electron chi connectivity index (χ1n) is 10.7. The van der Waals surface area contributed by atoms with Crippen molar-refractivity contribution in [2.24, 2.45) is 5.73 Å². The van der Waals surface area contributed by atoms with E-state index in [9.17, 15) is 4.79 Å². The van der Waals surface area contributed by atoms with Gasteiger partial charge in [0.2, 0.25) is 5.88 Å². The molecule has 3 N–H and O–H groups in total. The average molecular weight is 485 g/mol. The lowest BCUT2D eigenvalue weighted by atomic mass is 10.1. The van der Waals surface area contributed by atoms with E-state index in [1.165, 1.54) is 0 Å². The van der Waals surface area contributed by atoms with Gasteiger partial charge in [0, 0.05) is 42.5 Å². The number of hydrogen-bond acceptors (Lipinski definition) is 6. The number of pyridine rings is 1. The zero-order chi connectivity index (χ0) is 23.8. The predicted octanol–water partition coefficient (Wildman–Crippen LogP) is 4.50. The minimum absolute atomic E-state index is 0.129. The van der Waals surface area contributed by atoms with E-state index < -0.39 is 6.10 Å². The molecule has 8 heteroatoms. The van der Waals surface area contributed by atoms with Gasteiger partial charge >= 0.3 is 0 Å². The number of thiol groups is 1. The largest absolute Gasteiger partial charge is 0.463 e. The second-order valence-electron chi connectivity index (χ2n) is 7.78. The fraction of sp³-hybridized carbons (Fsp3) is 0.280. The van der Waals surface area contributed by atoms with Crippen molar-refractivity contribution in [3.63, 3.8) is 0 Å². The predicted molar refractivity (Wildman–Crippen MR) is 138 cm³/mol. The van der Waals surface area contributed by atoms with E-state index in [4.69, 9.17) is 27.1 Å². The summed E-state index contributed by atoms with van der Waals surface area (Å²) in [5, 5.41) is 3.88. The minimum Gasteiger partial charge on any atom is -0.463 e. The first-order chi connectivity index (χ1) is 15.9. The van der Waals surface area contributed by atoms with Gasteiger partial charge in [-0.1, -0.05) is 60.1 Å². The molecule has 0 spiro atoms. The molecular formula is C25H29ClN4O2S. The molecule has 33 heavy (non-hydrogen) atoms. The maximum absolute atomic E-state index is 13.0. The van der Waals surface area contributed by atoms with Crippen LogP contribution in [-0.4, -0.2) is 47.3 Å². The van der Waals surface area contributed by atoms with Gasteiger partial charge in [-0.25, -0.2) is 4.98 Å². The molecule has 0 aliphatic heterocycles. The molecule has 3 aromatic rings. The fourth-order valence-electron chi connectivity index (χ4n) is 3.23. The quantitative estimate of drug-likeness (QED) is 0.369. The lowest BCUT2D eigenvalue weighted by molar-refractivity contribution is -0.137. The zero-order valence-corrected chi connectivity index (χ0v) is 20.4. The van der Waals surface area contributed by atoms with Crippen LogP contribution in [0.15, 0.2) is 66.7 Å². The van der Waals surface area contributed by atoms with Crippen LogP contribution in [0.25, 0.3) is 11.3 Å². The van der Waals surface area contributed by atoms with Crippen molar-refractivity contribution in [2.45, 2.75) is 25.6 Å². The van der Waals surface area contributed by atoms with Crippen LogP contribution in [0.4, 0.5) is 5.69 Å². The highest BCUT2D eigenvalue weighted by atomic mass is 35.5. The van der Waals surface area contributed by atoms with Crippen LogP contribution in [0.3, 0.4) is 0 Å². The van der Waals surface area contributed by atoms with Gasteiger partial charge in [-0.3, -0.25) is 4.79 Å². The molecule has 0 aliphatic carbocycles. The summed E-state index contributed by atoms with van der Waals surface area (Å²) >= 11 is 10.5. The number of ether oxygens (including phenoxy) is 1. The summed E-state index contributed by atoms with van der Waals surface area (Å²) in [6.45, 7) is 2.60. The smallest absolute Gasteiger partial charge is 0.263 e. The number of hydrogen-bond donors (Lipinski definition) is 3. The molecule has 2 aromatic carbocycles. The third-order valence-electron chi connectivity index (χ3n) is 5.10. The zero-order valence-electron chi connectivity index (χ0n) is 18.7. The van der Waals surface area contributed by atoms with E-state index in [0.717, 1.165) is 16.8 Å². The van der Waals surface area contributed by atoms with Crippen molar-refractivity contribution in [3.05, 3.63) is 77.3 Å². The van der Waals surface area contributed by atoms with Gasteiger partial charge in [0.1, 0.15) is 0 Å². The highest BCUT2D eigenvalue weighted by molar-refractivity contribution is 7.80. The highest BCUT2D eigenvalue weighted by Crippen LogP contribution is 2.28. The summed E-state index contributed by atoms with van der Waals surface area (Å²) in [6, 6.07) is 20.9. The molecular weight excluding hydrogens is 456 g/mol. The number of nitrogens with one attached hydrogen (secondary N) is 1. The van der Waals surface area contributed by atoms with E-state index >= 15 is 0 Å². The standard InChI is InChI=1S/C25H29ClN4O2S/c1-17(25(31)30(2)15-19-10-6-7-11-21(19)26)32-24-23(28-14-20(27)16-33)13-12-22(29-24)18-8-4-3-5-9-18/h3-13,17,20,28,33H,14-16,27H2,1-2H3. The summed E-state index contributed by atoms with van der Waals surface area (Å²) in [4.78, 5) is 19.3. The number of aromatic nitrogens is 1. The maximum Gasteiger partial charge on any atom is 0.263 e. The maximum atomic E-state index is 13.0. The molecule has 0 aliphatic rings. The monoisotopic (exact) mass is 484 g/mol. The van der Waals surface area contributed by atoms with Gasteiger partial charge in [-0.05, 0) is 30.7 Å². The Balaban J connectivity index is 1.79. The lowest BCUT2D eigenvalue weighted by Crippen LogP contribution is -2.38. The van der Waals surface area contributed by atoms with Crippen molar-refractivity contribution >= 4 is 35.8 Å². The molecule has 174 valence electrons. The van der Waals surface area contributed by atoms with Crippen molar-refractivity contribution in [1.29, 1.82) is 0 Å². The minimum atomic E-state index is -0.755. The van der Waals surface area contributed by atoms with Crippen LogP contribution in [0.1, 0.15) is 12.5 Å². The molecule has 2 unspecified atom stereocenters. The number of anilines is 1. The third kappa shape index (κ3) is 6.87. The van der Waals surface area contributed by atoms with Gasteiger partial charge in [0.25, 0.3) is 5.91 Å². The van der Waals surface area contributed by atoms with Crippen LogP contribution in [0, 0.1) is 0 Å². The van der Waals surface area contributed by atoms with Gasteiger partial charge in [0.05, 0.1) is 11.4 Å². The Morgan fingerprint density at radius 2 is 1.85 bits per heavy atom. The van der Waals surface area contributed by atoms with E-state index in [2.05, 4.69) is 17.9 Å². The molecule has 0 fully saturated rings. The topological polar surface area (TPSA) is 80.5 Å². The Morgan fingerprint density at radius 3 is 2.55 bits per heavy atom. The normalized spacial score (nSPS) is 12.6. The number of carbonyl (C=O) groups is 1. The van der Waals surface area contributed by atoms with Crippen LogP contribution >= 0.6 is 24.2 Å². The van der Waals surface area contributed by atoms with Gasteiger partial charge in [-0.2, -0.15) is 12.6 Å². The van der Waals surface area contributed by atoms with Crippen molar-refractivity contribution in [2.75, 3.05) is 24.7 Å². The number of rotatable bonds is 10. The van der Waals surface area contributed by atoms with Crippen molar-refractivity contribution in [1.82, 2.24) is 9.88 Å². The second-order valence-corrected chi connectivity index (χ2v) is 8.56. The van der Waals surface area contributed by atoms with Crippen molar-refractivity contribution < 1.29 is 9.53 Å². The molecule has 2 atom stereocenters. The number of halogens is 1. The van der Waals surface area contributed by atoms with E-state index in [-0.39, 0.29) is 11.9 Å². The van der Waals surface area contributed by atoms with Crippen LogP contribution in [0.5, 0.6) is 5.88 Å². The van der Waals surface area contributed by atoms with E-state index in [0.29, 0.717) is 35.4 Å². The summed E-state index contributed by atoms with van der Waals surface area (Å²) in [5.74, 6) is 0.704. The Morgan fingerprint density at radius 1 is 1.15 bits per heavy atom. The second kappa shape index (κ2) is 11.9. The highest BCUT2D eigenvalue weighted by Gasteiger charge is 2.22. The number of amides is 1. The fourth-order valence-corrected chi connectivity index (χ4v) is 3.55. The molecule has 0 saturated carbocycles. The Hall–Kier alpha value is -2.74. The summed E-state index contributed by atoms with van der Waals surface area (Å²) < 4.78 is 6.07. The number of likely N-dealkylation sites (N-methyl/N-ethyl adjacent to an activating group) is 1. The molecule has 0 saturated heterocycles. The van der Waals surface area contributed by atoms with Crippen LogP contribution < -0.4 is 15.8 Å². The SMILES string of the molecule is CC(Oc1nc(-c2ccccc2)ccc1NCC(N)CS)C(=O)N(C)Cc1ccccc1Cl. The van der Waals surface area contributed by atoms with Gasteiger partial charge in [-0.15, -0.1) is 0 Å². The van der Waals surface area contributed by atoms with Gasteiger partial charge in [0.15, 0.2) is 6.10 Å². The molecule has 6 nitrogen and oxygen atoms in total. The average Bonchev–Trinajstić information content (AvgIpc) is 2.84. The Kier molecular flexibility index (Phi) is 9.00. The molecule has 1 amide bonds. The molecule has 3 rings (SSSR count). The Labute approximate surface area is 205 Å². The Bertz CT molecular complexity index is 1070. The third-order valence-corrected chi connectivity index (χ3v) is 5.93. The first kappa shape index (κ1) is 24.9. The molecule has 1 aromatic heterocycles. The summed E-state index contributed by atoms with van der Waals surface area (Å²) in [7, 11) is 1.73. The first-order valence-corrected chi connectivity index (χ1v) is 11.7. The molecule has 0 radical (unpaired) electrons. The number of benzene rings is 2. The summed E-state index contributed by atoms with van der Waals surface area (Å²) in [5.41, 5.74) is 9.23. The lowest BCUT2D eigenvalue weighted by Gasteiger charge is -2.23. The summed E-state index contributed by atoms with van der Waals surface area (Å²) in [6.07, 6.45) is -0.755. The molecule has 1 heterocycles. The van der Waals surface area contributed by atoms with E-state index in [1.807, 2.05) is 66.7 Å². The van der Waals surface area contributed by atoms with E-state index in [1.54, 1.807) is 18.9 Å². The van der Waals surface area contributed by atoms with Crippen LogP contribution in [0.2, 0.25) is 5.02 Å². The number of nitrogens with two attached hydrogens (primary N) is 1. The number of nitrogens with zero attached hydrogens (tertiary/aromatic N) is 2. The van der Waals surface area contributed by atoms with Crippen molar-refractivity contribution in [3.8, 4) is 17.1 Å².